The van der Waals surface area contributed by atoms with E-state index in [1.54, 1.807) is 48.1 Å². The van der Waals surface area contributed by atoms with Crippen molar-refractivity contribution in [3.05, 3.63) is 87.8 Å². The molecule has 0 atom stereocenters. The zero-order valence-corrected chi connectivity index (χ0v) is 18.9. The number of amides is 2. The molecule has 4 aromatic rings. The standard InChI is InChI=1S/C25H20ClN5O3/c1-13-9-10-28-23(26)20(13)25(34)29-15-7-5-14-6-8-18-21(24(27)33)30-31(22(18)19(14)11-15)16-3-2-4-17(32)12-16/h2-5,7,9-12,32H,6,8H2,1H3,(H2,27,33)(H,29,34). The molecule has 8 nitrogen and oxygen atoms in total. The number of anilines is 1. The monoisotopic (exact) mass is 473 g/mol. The first kappa shape index (κ1) is 21.7. The van der Waals surface area contributed by atoms with Crippen molar-refractivity contribution in [2.45, 2.75) is 19.8 Å². The largest absolute Gasteiger partial charge is 0.508 e. The number of benzene rings is 2. The summed E-state index contributed by atoms with van der Waals surface area (Å²) in [7, 11) is 0. The van der Waals surface area contributed by atoms with E-state index in [0.29, 0.717) is 41.0 Å². The van der Waals surface area contributed by atoms with E-state index in [-0.39, 0.29) is 22.5 Å². The lowest BCUT2D eigenvalue weighted by Crippen LogP contribution is -2.16. The van der Waals surface area contributed by atoms with Gasteiger partial charge in [-0.3, -0.25) is 9.59 Å². The fourth-order valence-corrected chi connectivity index (χ4v) is 4.61. The third-order valence-electron chi connectivity index (χ3n) is 5.90. The number of hydrogen-bond donors (Lipinski definition) is 3. The summed E-state index contributed by atoms with van der Waals surface area (Å²) >= 11 is 6.16. The van der Waals surface area contributed by atoms with Crippen molar-refractivity contribution in [2.75, 3.05) is 5.32 Å². The molecule has 2 aromatic heterocycles. The summed E-state index contributed by atoms with van der Waals surface area (Å²) in [5.74, 6) is -0.918. The van der Waals surface area contributed by atoms with Gasteiger partial charge in [0.2, 0.25) is 0 Å². The van der Waals surface area contributed by atoms with Crippen molar-refractivity contribution in [3.8, 4) is 22.7 Å². The Labute approximate surface area is 200 Å². The van der Waals surface area contributed by atoms with Crippen LogP contribution in [0.2, 0.25) is 5.15 Å². The summed E-state index contributed by atoms with van der Waals surface area (Å²) in [6.07, 6.45) is 2.83. The highest BCUT2D eigenvalue weighted by molar-refractivity contribution is 6.33. The number of phenolic OH excluding ortho intramolecular Hbond substituents is 1. The summed E-state index contributed by atoms with van der Waals surface area (Å²) < 4.78 is 1.61. The molecule has 0 fully saturated rings. The summed E-state index contributed by atoms with van der Waals surface area (Å²) in [6.45, 7) is 1.79. The van der Waals surface area contributed by atoms with Crippen LogP contribution in [0.4, 0.5) is 5.69 Å². The van der Waals surface area contributed by atoms with E-state index in [4.69, 9.17) is 17.3 Å². The number of fused-ring (bicyclic) bond motifs is 3. The molecular weight excluding hydrogens is 454 g/mol. The van der Waals surface area contributed by atoms with Crippen molar-refractivity contribution >= 4 is 29.1 Å². The zero-order chi connectivity index (χ0) is 24.0. The molecule has 170 valence electrons. The predicted octanol–water partition coefficient (Wildman–Crippen LogP) is 4.05. The van der Waals surface area contributed by atoms with Crippen molar-refractivity contribution in [2.24, 2.45) is 5.73 Å². The fraction of sp³-hybridized carbons (Fsp3) is 0.120. The Hall–Kier alpha value is -4.17. The van der Waals surface area contributed by atoms with E-state index >= 15 is 0 Å². The van der Waals surface area contributed by atoms with Gasteiger partial charge in [0.05, 0.1) is 16.9 Å². The number of aromatic hydroxyl groups is 1. The highest BCUT2D eigenvalue weighted by atomic mass is 35.5. The molecule has 1 aliphatic rings. The molecule has 0 bridgehead atoms. The highest BCUT2D eigenvalue weighted by Crippen LogP contribution is 2.38. The van der Waals surface area contributed by atoms with Crippen LogP contribution < -0.4 is 11.1 Å². The quantitative estimate of drug-likeness (QED) is 0.386. The molecule has 2 amide bonds. The van der Waals surface area contributed by atoms with Crippen LogP contribution in [0, 0.1) is 6.92 Å². The second-order valence-electron chi connectivity index (χ2n) is 8.09. The predicted molar refractivity (Wildman–Crippen MR) is 129 cm³/mol. The van der Waals surface area contributed by atoms with Gasteiger partial charge in [0, 0.05) is 29.1 Å². The molecule has 34 heavy (non-hydrogen) atoms. The van der Waals surface area contributed by atoms with Gasteiger partial charge in [-0.05, 0) is 61.2 Å². The third-order valence-corrected chi connectivity index (χ3v) is 6.19. The molecule has 2 heterocycles. The first-order chi connectivity index (χ1) is 16.3. The Morgan fingerprint density at radius 1 is 1.15 bits per heavy atom. The van der Waals surface area contributed by atoms with Crippen molar-refractivity contribution in [1.29, 1.82) is 0 Å². The molecule has 0 saturated carbocycles. The van der Waals surface area contributed by atoms with Gasteiger partial charge in [0.15, 0.2) is 5.69 Å². The summed E-state index contributed by atoms with van der Waals surface area (Å²) in [6, 6.07) is 13.9. The van der Waals surface area contributed by atoms with Gasteiger partial charge in [-0.15, -0.1) is 0 Å². The van der Waals surface area contributed by atoms with Crippen LogP contribution in [0.15, 0.2) is 54.7 Å². The van der Waals surface area contributed by atoms with Gasteiger partial charge in [0.1, 0.15) is 10.9 Å². The first-order valence-electron chi connectivity index (χ1n) is 10.6. The second-order valence-corrected chi connectivity index (χ2v) is 8.45. The number of halogens is 1. The molecule has 5 rings (SSSR count). The summed E-state index contributed by atoms with van der Waals surface area (Å²) in [5.41, 5.74) is 11.3. The molecular formula is C25H20ClN5O3. The van der Waals surface area contributed by atoms with E-state index in [0.717, 1.165) is 16.7 Å². The van der Waals surface area contributed by atoms with Crippen LogP contribution in [0.25, 0.3) is 16.9 Å². The normalized spacial score (nSPS) is 12.1. The number of nitrogens with one attached hydrogen (secondary N) is 1. The van der Waals surface area contributed by atoms with Gasteiger partial charge in [-0.2, -0.15) is 5.10 Å². The van der Waals surface area contributed by atoms with Crippen LogP contribution in [0.5, 0.6) is 5.75 Å². The average molecular weight is 474 g/mol. The lowest BCUT2D eigenvalue weighted by molar-refractivity contribution is 0.0992. The van der Waals surface area contributed by atoms with E-state index < -0.39 is 5.91 Å². The average Bonchev–Trinajstić information content (AvgIpc) is 3.19. The molecule has 4 N–H and O–H groups in total. The Morgan fingerprint density at radius 3 is 2.71 bits per heavy atom. The minimum absolute atomic E-state index is 0.0724. The molecule has 0 spiro atoms. The van der Waals surface area contributed by atoms with Crippen molar-refractivity contribution in [3.63, 3.8) is 0 Å². The number of hydrogen-bond acceptors (Lipinski definition) is 5. The smallest absolute Gasteiger partial charge is 0.269 e. The van der Waals surface area contributed by atoms with E-state index in [2.05, 4.69) is 15.4 Å². The highest BCUT2D eigenvalue weighted by Gasteiger charge is 2.28. The maximum atomic E-state index is 12.9. The molecule has 1 aliphatic carbocycles. The minimum atomic E-state index is -0.621. The number of aryl methyl sites for hydroxylation is 2. The SMILES string of the molecule is Cc1ccnc(Cl)c1C(=O)Nc1ccc2c(c1)-c1c(c(C(N)=O)nn1-c1cccc(O)c1)CC2. The minimum Gasteiger partial charge on any atom is -0.508 e. The van der Waals surface area contributed by atoms with Crippen LogP contribution in [-0.2, 0) is 12.8 Å². The Balaban J connectivity index is 1.62. The number of phenols is 1. The summed E-state index contributed by atoms with van der Waals surface area (Å²) in [4.78, 5) is 29.1. The van der Waals surface area contributed by atoms with Gasteiger partial charge >= 0.3 is 0 Å². The first-order valence-corrected chi connectivity index (χ1v) is 11.0. The Kier molecular flexibility index (Phi) is 5.30. The van der Waals surface area contributed by atoms with Gasteiger partial charge in [0.25, 0.3) is 11.8 Å². The van der Waals surface area contributed by atoms with Crippen LogP contribution in [-0.4, -0.2) is 31.7 Å². The van der Waals surface area contributed by atoms with Crippen molar-refractivity contribution < 1.29 is 14.7 Å². The second kappa shape index (κ2) is 8.31. The molecule has 0 saturated heterocycles. The maximum absolute atomic E-state index is 12.9. The van der Waals surface area contributed by atoms with Crippen LogP contribution in [0.3, 0.4) is 0 Å². The Morgan fingerprint density at radius 2 is 1.97 bits per heavy atom. The lowest BCUT2D eigenvalue weighted by Gasteiger charge is -2.20. The number of carbonyl (C=O) groups excluding carboxylic acids is 2. The van der Waals surface area contributed by atoms with E-state index in [1.807, 2.05) is 18.2 Å². The molecule has 0 radical (unpaired) electrons. The number of pyridine rings is 1. The number of aromatic nitrogens is 3. The number of primary amides is 1. The lowest BCUT2D eigenvalue weighted by atomic mass is 9.88. The Bertz CT molecular complexity index is 1460. The maximum Gasteiger partial charge on any atom is 0.269 e. The van der Waals surface area contributed by atoms with E-state index in [1.165, 1.54) is 0 Å². The topological polar surface area (TPSA) is 123 Å². The number of nitrogens with zero attached hydrogens (tertiary/aromatic N) is 3. The number of rotatable bonds is 4. The molecule has 0 aliphatic heterocycles. The van der Waals surface area contributed by atoms with E-state index in [9.17, 15) is 14.7 Å². The molecule has 2 aromatic carbocycles. The fourth-order valence-electron chi connectivity index (χ4n) is 4.32. The van der Waals surface area contributed by atoms with Gasteiger partial charge < -0.3 is 16.2 Å². The summed E-state index contributed by atoms with van der Waals surface area (Å²) in [5, 5.41) is 17.5. The van der Waals surface area contributed by atoms with Gasteiger partial charge in [-0.1, -0.05) is 23.7 Å². The van der Waals surface area contributed by atoms with Crippen LogP contribution >= 0.6 is 11.6 Å². The van der Waals surface area contributed by atoms with Crippen molar-refractivity contribution in [1.82, 2.24) is 14.8 Å². The number of nitrogens with two attached hydrogens (primary N) is 1. The molecule has 9 heteroatoms. The number of carbonyl (C=O) groups is 2. The zero-order valence-electron chi connectivity index (χ0n) is 18.2. The molecule has 0 unspecified atom stereocenters. The third kappa shape index (κ3) is 3.68. The van der Waals surface area contributed by atoms with Gasteiger partial charge in [-0.25, -0.2) is 9.67 Å². The van der Waals surface area contributed by atoms with Crippen LogP contribution in [0.1, 0.15) is 37.5 Å².